The summed E-state index contributed by atoms with van der Waals surface area (Å²) in [5.41, 5.74) is 2.11. The first kappa shape index (κ1) is 19.0. The minimum atomic E-state index is -0.318. The maximum absolute atomic E-state index is 12.1. The van der Waals surface area contributed by atoms with E-state index in [-0.39, 0.29) is 12.5 Å². The van der Waals surface area contributed by atoms with Gasteiger partial charge in [0.15, 0.2) is 12.9 Å². The van der Waals surface area contributed by atoms with Gasteiger partial charge < -0.3 is 14.8 Å². The Morgan fingerprint density at radius 1 is 1.20 bits per heavy atom. The normalized spacial score (nSPS) is 10.2. The molecule has 0 fully saturated rings. The zero-order valence-electron chi connectivity index (χ0n) is 14.2. The van der Waals surface area contributed by atoms with Crippen LogP contribution in [0.4, 0.5) is 5.69 Å². The molecule has 2 aromatic carbocycles. The maximum atomic E-state index is 12.1. The molecule has 0 heterocycles. The van der Waals surface area contributed by atoms with Crippen molar-refractivity contribution in [3.05, 3.63) is 52.0 Å². The smallest absolute Gasteiger partial charge is 0.262 e. The third-order valence-corrected chi connectivity index (χ3v) is 4.00. The van der Waals surface area contributed by atoms with Crippen LogP contribution in [0.25, 0.3) is 0 Å². The van der Waals surface area contributed by atoms with Gasteiger partial charge in [-0.05, 0) is 59.1 Å². The summed E-state index contributed by atoms with van der Waals surface area (Å²) in [7, 11) is 0. The van der Waals surface area contributed by atoms with E-state index in [2.05, 4.69) is 21.2 Å². The Kier molecular flexibility index (Phi) is 7.01. The van der Waals surface area contributed by atoms with Crippen LogP contribution < -0.4 is 14.8 Å². The second-order valence-electron chi connectivity index (χ2n) is 5.49. The summed E-state index contributed by atoms with van der Waals surface area (Å²) in [4.78, 5) is 23.2. The van der Waals surface area contributed by atoms with Crippen molar-refractivity contribution in [1.82, 2.24) is 0 Å². The Balaban J connectivity index is 2.01. The summed E-state index contributed by atoms with van der Waals surface area (Å²) in [6.07, 6.45) is 1.56. The van der Waals surface area contributed by atoms with Gasteiger partial charge in [0.25, 0.3) is 5.91 Å². The zero-order valence-corrected chi connectivity index (χ0v) is 15.8. The van der Waals surface area contributed by atoms with Crippen molar-refractivity contribution in [1.29, 1.82) is 0 Å². The standard InChI is InChI=1S/C19H20BrNO4/c1-3-8-24-15-6-5-14(11-22)18(10-15)25-12-19(23)21-17-7-4-13(2)9-16(17)20/h4-7,9-11H,3,8,12H2,1-2H3,(H,21,23). The number of hydrogen-bond acceptors (Lipinski definition) is 4. The molecule has 2 aromatic rings. The monoisotopic (exact) mass is 405 g/mol. The number of carbonyl (C=O) groups is 2. The second-order valence-corrected chi connectivity index (χ2v) is 6.34. The number of aryl methyl sites for hydroxylation is 1. The number of aldehydes is 1. The first-order valence-electron chi connectivity index (χ1n) is 7.94. The van der Waals surface area contributed by atoms with Gasteiger partial charge in [0.1, 0.15) is 11.5 Å². The van der Waals surface area contributed by atoms with Crippen molar-refractivity contribution < 1.29 is 19.1 Å². The van der Waals surface area contributed by atoms with E-state index < -0.39 is 0 Å². The van der Waals surface area contributed by atoms with Crippen LogP contribution in [0.5, 0.6) is 11.5 Å². The maximum Gasteiger partial charge on any atom is 0.262 e. The van der Waals surface area contributed by atoms with Gasteiger partial charge >= 0.3 is 0 Å². The molecule has 2 rings (SSSR count). The van der Waals surface area contributed by atoms with Gasteiger partial charge in [0.2, 0.25) is 0 Å². The van der Waals surface area contributed by atoms with Crippen molar-refractivity contribution in [3.8, 4) is 11.5 Å². The first-order chi connectivity index (χ1) is 12.0. The Labute approximate surface area is 155 Å². The predicted molar refractivity (Wildman–Crippen MR) is 101 cm³/mol. The number of halogens is 1. The number of ether oxygens (including phenoxy) is 2. The van der Waals surface area contributed by atoms with E-state index in [1.54, 1.807) is 18.2 Å². The van der Waals surface area contributed by atoms with Gasteiger partial charge in [-0.1, -0.05) is 13.0 Å². The van der Waals surface area contributed by atoms with E-state index in [0.29, 0.717) is 35.6 Å². The molecule has 0 spiro atoms. The molecule has 0 aliphatic rings. The number of rotatable bonds is 8. The molecular weight excluding hydrogens is 386 g/mol. The minimum Gasteiger partial charge on any atom is -0.493 e. The van der Waals surface area contributed by atoms with Crippen LogP contribution in [0.1, 0.15) is 29.3 Å². The number of carbonyl (C=O) groups excluding carboxylic acids is 2. The summed E-state index contributed by atoms with van der Waals surface area (Å²) in [6.45, 7) is 4.33. The predicted octanol–water partition coefficient (Wildman–Crippen LogP) is 4.38. The SMILES string of the molecule is CCCOc1ccc(C=O)c(OCC(=O)Nc2ccc(C)cc2Br)c1. The number of amides is 1. The molecule has 0 aliphatic heterocycles. The van der Waals surface area contributed by atoms with Crippen LogP contribution in [-0.2, 0) is 4.79 Å². The van der Waals surface area contributed by atoms with Crippen LogP contribution in [-0.4, -0.2) is 25.4 Å². The average Bonchev–Trinajstić information content (AvgIpc) is 2.60. The lowest BCUT2D eigenvalue weighted by molar-refractivity contribution is -0.118. The van der Waals surface area contributed by atoms with Crippen molar-refractivity contribution in [2.45, 2.75) is 20.3 Å². The Bertz CT molecular complexity index is 761. The average molecular weight is 406 g/mol. The Morgan fingerprint density at radius 2 is 2.00 bits per heavy atom. The molecule has 5 nitrogen and oxygen atoms in total. The summed E-state index contributed by atoms with van der Waals surface area (Å²) in [6, 6.07) is 10.6. The number of hydrogen-bond donors (Lipinski definition) is 1. The molecule has 0 bridgehead atoms. The molecule has 0 aromatic heterocycles. The zero-order chi connectivity index (χ0) is 18.2. The summed E-state index contributed by atoms with van der Waals surface area (Å²) < 4.78 is 11.8. The Morgan fingerprint density at radius 3 is 2.68 bits per heavy atom. The molecule has 0 saturated heterocycles. The van der Waals surface area contributed by atoms with E-state index in [1.807, 2.05) is 32.0 Å². The second kappa shape index (κ2) is 9.22. The van der Waals surface area contributed by atoms with Crippen LogP contribution in [0.15, 0.2) is 40.9 Å². The quantitative estimate of drug-likeness (QED) is 0.661. The van der Waals surface area contributed by atoms with E-state index in [9.17, 15) is 9.59 Å². The fourth-order valence-electron chi connectivity index (χ4n) is 2.10. The third-order valence-electron chi connectivity index (χ3n) is 3.34. The third kappa shape index (κ3) is 5.60. The molecule has 0 radical (unpaired) electrons. The fraction of sp³-hybridized carbons (Fsp3) is 0.263. The molecule has 132 valence electrons. The fourth-order valence-corrected chi connectivity index (χ4v) is 2.69. The number of benzene rings is 2. The van der Waals surface area contributed by atoms with Crippen LogP contribution in [0.3, 0.4) is 0 Å². The minimum absolute atomic E-state index is 0.210. The molecule has 6 heteroatoms. The van der Waals surface area contributed by atoms with E-state index >= 15 is 0 Å². The lowest BCUT2D eigenvalue weighted by Crippen LogP contribution is -2.20. The Hall–Kier alpha value is -2.34. The first-order valence-corrected chi connectivity index (χ1v) is 8.73. The summed E-state index contributed by atoms with van der Waals surface area (Å²) in [5.74, 6) is 0.604. The lowest BCUT2D eigenvalue weighted by atomic mass is 10.2. The van der Waals surface area contributed by atoms with Gasteiger partial charge in [-0.15, -0.1) is 0 Å². The van der Waals surface area contributed by atoms with Crippen molar-refractivity contribution in [2.75, 3.05) is 18.5 Å². The van der Waals surface area contributed by atoms with Crippen molar-refractivity contribution in [2.24, 2.45) is 0 Å². The number of nitrogens with one attached hydrogen (secondary N) is 1. The topological polar surface area (TPSA) is 64.6 Å². The molecule has 0 saturated carbocycles. The largest absolute Gasteiger partial charge is 0.493 e. The summed E-state index contributed by atoms with van der Waals surface area (Å²) >= 11 is 3.41. The van der Waals surface area contributed by atoms with Crippen molar-refractivity contribution in [3.63, 3.8) is 0 Å². The van der Waals surface area contributed by atoms with Gasteiger partial charge in [-0.2, -0.15) is 0 Å². The van der Waals surface area contributed by atoms with E-state index in [4.69, 9.17) is 9.47 Å². The highest BCUT2D eigenvalue weighted by atomic mass is 79.9. The van der Waals surface area contributed by atoms with Gasteiger partial charge in [0.05, 0.1) is 17.9 Å². The molecule has 1 N–H and O–H groups in total. The van der Waals surface area contributed by atoms with Crippen LogP contribution >= 0.6 is 15.9 Å². The molecule has 0 atom stereocenters. The lowest BCUT2D eigenvalue weighted by Gasteiger charge is -2.12. The molecular formula is C19H20BrNO4. The van der Waals surface area contributed by atoms with Gasteiger partial charge in [-0.3, -0.25) is 9.59 Å². The molecule has 0 aliphatic carbocycles. The summed E-state index contributed by atoms with van der Waals surface area (Å²) in [5, 5.41) is 2.76. The van der Waals surface area contributed by atoms with E-state index in [0.717, 1.165) is 16.5 Å². The van der Waals surface area contributed by atoms with Crippen LogP contribution in [0, 0.1) is 6.92 Å². The van der Waals surface area contributed by atoms with E-state index in [1.165, 1.54) is 0 Å². The van der Waals surface area contributed by atoms with Gasteiger partial charge in [0, 0.05) is 10.5 Å². The highest BCUT2D eigenvalue weighted by molar-refractivity contribution is 9.10. The number of anilines is 1. The van der Waals surface area contributed by atoms with Gasteiger partial charge in [-0.25, -0.2) is 0 Å². The highest BCUT2D eigenvalue weighted by Gasteiger charge is 2.10. The van der Waals surface area contributed by atoms with Crippen molar-refractivity contribution >= 4 is 33.8 Å². The molecule has 25 heavy (non-hydrogen) atoms. The molecule has 1 amide bonds. The highest BCUT2D eigenvalue weighted by Crippen LogP contribution is 2.25. The molecule has 0 unspecified atom stereocenters. The van der Waals surface area contributed by atoms with Crippen LogP contribution in [0.2, 0.25) is 0 Å².